The lowest BCUT2D eigenvalue weighted by Gasteiger charge is -2.05. The number of amides is 1. The van der Waals surface area contributed by atoms with Gasteiger partial charge in [0, 0.05) is 11.6 Å². The zero-order chi connectivity index (χ0) is 17.1. The van der Waals surface area contributed by atoms with E-state index in [1.807, 2.05) is 24.3 Å². The van der Waals surface area contributed by atoms with Crippen LogP contribution in [0.15, 0.2) is 42.5 Å². The molecule has 3 aromatic rings. The Kier molecular flexibility index (Phi) is 4.11. The van der Waals surface area contributed by atoms with Crippen molar-refractivity contribution in [2.75, 3.05) is 7.11 Å². The molecule has 0 radical (unpaired) electrons. The van der Waals surface area contributed by atoms with Crippen LogP contribution in [0.1, 0.15) is 16.2 Å². The Labute approximate surface area is 136 Å². The molecule has 8 nitrogen and oxygen atoms in total. The summed E-state index contributed by atoms with van der Waals surface area (Å²) >= 11 is 0. The summed E-state index contributed by atoms with van der Waals surface area (Å²) in [5.74, 6) is 0.280. The van der Waals surface area contributed by atoms with Gasteiger partial charge in [-0.05, 0) is 24.3 Å². The minimum atomic E-state index is -0.588. The summed E-state index contributed by atoms with van der Waals surface area (Å²) in [7, 11) is 1.34. The zero-order valence-corrected chi connectivity index (χ0v) is 12.8. The van der Waals surface area contributed by atoms with Crippen LogP contribution >= 0.6 is 0 Å². The molecule has 2 aromatic carbocycles. The van der Waals surface area contributed by atoms with E-state index >= 15 is 0 Å². The molecular weight excluding hydrogens is 312 g/mol. The van der Waals surface area contributed by atoms with Crippen molar-refractivity contribution in [2.24, 2.45) is 0 Å². The minimum absolute atomic E-state index is 0.105. The van der Waals surface area contributed by atoms with Gasteiger partial charge < -0.3 is 15.0 Å². The Morgan fingerprint density at radius 1 is 1.33 bits per heavy atom. The zero-order valence-electron chi connectivity index (χ0n) is 12.8. The van der Waals surface area contributed by atoms with Crippen molar-refractivity contribution in [3.05, 3.63) is 64.0 Å². The third-order valence-electron chi connectivity index (χ3n) is 3.49. The lowest BCUT2D eigenvalue weighted by Crippen LogP contribution is -2.23. The molecule has 0 fully saturated rings. The Bertz CT molecular complexity index is 886. The highest BCUT2D eigenvalue weighted by atomic mass is 16.6. The van der Waals surface area contributed by atoms with Gasteiger partial charge in [-0.3, -0.25) is 14.9 Å². The van der Waals surface area contributed by atoms with Crippen LogP contribution in [0.2, 0.25) is 0 Å². The molecule has 1 amide bonds. The van der Waals surface area contributed by atoms with E-state index in [0.717, 1.165) is 11.0 Å². The number of rotatable bonds is 5. The largest absolute Gasteiger partial charge is 0.490 e. The Morgan fingerprint density at radius 2 is 2.12 bits per heavy atom. The van der Waals surface area contributed by atoms with E-state index < -0.39 is 10.8 Å². The van der Waals surface area contributed by atoms with E-state index in [0.29, 0.717) is 5.82 Å². The van der Waals surface area contributed by atoms with Crippen molar-refractivity contribution in [1.29, 1.82) is 0 Å². The molecule has 3 rings (SSSR count). The minimum Gasteiger partial charge on any atom is -0.490 e. The summed E-state index contributed by atoms with van der Waals surface area (Å²) in [4.78, 5) is 30.1. The number of nitrogens with one attached hydrogen (secondary N) is 2. The fourth-order valence-corrected chi connectivity index (χ4v) is 2.33. The number of nitro benzene ring substituents is 1. The molecule has 1 aromatic heterocycles. The number of hydrogen-bond acceptors (Lipinski definition) is 5. The maximum absolute atomic E-state index is 12.2. The van der Waals surface area contributed by atoms with Crippen LogP contribution in [0.4, 0.5) is 5.69 Å². The van der Waals surface area contributed by atoms with Gasteiger partial charge in [-0.15, -0.1) is 0 Å². The normalized spacial score (nSPS) is 10.5. The summed E-state index contributed by atoms with van der Waals surface area (Å²) in [6.45, 7) is 0.188. The molecule has 0 aliphatic rings. The topological polar surface area (TPSA) is 110 Å². The lowest BCUT2D eigenvalue weighted by atomic mass is 10.1. The second kappa shape index (κ2) is 6.37. The second-order valence-corrected chi connectivity index (χ2v) is 5.03. The predicted molar refractivity (Wildman–Crippen MR) is 86.9 cm³/mol. The summed E-state index contributed by atoms with van der Waals surface area (Å²) < 4.78 is 4.92. The van der Waals surface area contributed by atoms with Gasteiger partial charge in [0.1, 0.15) is 5.82 Å². The molecule has 0 atom stereocenters. The number of aromatic amines is 1. The molecule has 8 heteroatoms. The number of para-hydroxylation sites is 2. The fraction of sp³-hybridized carbons (Fsp3) is 0.125. The molecule has 0 aliphatic heterocycles. The van der Waals surface area contributed by atoms with Crippen LogP contribution in [0.5, 0.6) is 5.75 Å². The third kappa shape index (κ3) is 3.02. The smallest absolute Gasteiger partial charge is 0.311 e. The molecule has 0 aliphatic carbocycles. The maximum atomic E-state index is 12.2. The van der Waals surface area contributed by atoms with Crippen LogP contribution in [0, 0.1) is 10.1 Å². The van der Waals surface area contributed by atoms with Crippen molar-refractivity contribution in [2.45, 2.75) is 6.54 Å². The van der Waals surface area contributed by atoms with Crippen LogP contribution in [0.25, 0.3) is 11.0 Å². The number of nitrogens with zero attached hydrogens (tertiary/aromatic N) is 2. The summed E-state index contributed by atoms with van der Waals surface area (Å²) in [6.07, 6.45) is 0. The fourth-order valence-electron chi connectivity index (χ4n) is 2.33. The predicted octanol–water partition coefficient (Wildman–Crippen LogP) is 2.41. The number of hydrogen-bond donors (Lipinski definition) is 2. The molecule has 24 heavy (non-hydrogen) atoms. The van der Waals surface area contributed by atoms with Crippen LogP contribution in [-0.4, -0.2) is 27.9 Å². The third-order valence-corrected chi connectivity index (χ3v) is 3.49. The molecule has 0 spiro atoms. The van der Waals surface area contributed by atoms with E-state index in [4.69, 9.17) is 4.74 Å². The van der Waals surface area contributed by atoms with Crippen molar-refractivity contribution in [3.8, 4) is 5.75 Å². The van der Waals surface area contributed by atoms with Gasteiger partial charge in [-0.1, -0.05) is 12.1 Å². The number of methoxy groups -OCH3 is 1. The average molecular weight is 326 g/mol. The highest BCUT2D eigenvalue weighted by Gasteiger charge is 2.18. The molecule has 0 saturated carbocycles. The Balaban J connectivity index is 1.75. The Morgan fingerprint density at radius 3 is 2.83 bits per heavy atom. The quantitative estimate of drug-likeness (QED) is 0.552. The maximum Gasteiger partial charge on any atom is 0.311 e. The van der Waals surface area contributed by atoms with Gasteiger partial charge in [-0.25, -0.2) is 4.98 Å². The number of H-pyrrole nitrogens is 1. The monoisotopic (exact) mass is 326 g/mol. The molecule has 122 valence electrons. The first-order chi connectivity index (χ1) is 11.6. The standard InChI is InChI=1S/C16H14N4O4/c1-24-14-7-6-10(8-13(14)20(22)23)16(21)17-9-15-18-11-4-2-3-5-12(11)19-15/h2-8H,9H2,1H3,(H,17,21)(H,18,19). The number of carbonyl (C=O) groups is 1. The van der Waals surface area contributed by atoms with Crippen molar-refractivity contribution in [1.82, 2.24) is 15.3 Å². The van der Waals surface area contributed by atoms with E-state index in [-0.39, 0.29) is 23.5 Å². The number of carbonyl (C=O) groups excluding carboxylic acids is 1. The first-order valence-electron chi connectivity index (χ1n) is 7.12. The van der Waals surface area contributed by atoms with Gasteiger partial charge >= 0.3 is 5.69 Å². The second-order valence-electron chi connectivity index (χ2n) is 5.03. The first-order valence-corrected chi connectivity index (χ1v) is 7.12. The molecule has 0 bridgehead atoms. The average Bonchev–Trinajstić information content (AvgIpc) is 3.02. The van der Waals surface area contributed by atoms with Crippen molar-refractivity contribution < 1.29 is 14.5 Å². The van der Waals surface area contributed by atoms with E-state index in [2.05, 4.69) is 15.3 Å². The van der Waals surface area contributed by atoms with Crippen LogP contribution in [-0.2, 0) is 6.54 Å². The number of nitro groups is 1. The van der Waals surface area contributed by atoms with Gasteiger partial charge in [0.05, 0.1) is 29.6 Å². The Hall–Kier alpha value is -3.42. The van der Waals surface area contributed by atoms with Crippen molar-refractivity contribution >= 4 is 22.6 Å². The van der Waals surface area contributed by atoms with Gasteiger partial charge in [0.25, 0.3) is 5.91 Å². The van der Waals surface area contributed by atoms with Crippen LogP contribution in [0.3, 0.4) is 0 Å². The van der Waals surface area contributed by atoms with Crippen molar-refractivity contribution in [3.63, 3.8) is 0 Å². The summed E-state index contributed by atoms with van der Waals surface area (Å²) in [5, 5.41) is 13.7. The summed E-state index contributed by atoms with van der Waals surface area (Å²) in [5.41, 5.74) is 1.61. The molecule has 2 N–H and O–H groups in total. The summed E-state index contributed by atoms with van der Waals surface area (Å²) in [6, 6.07) is 11.6. The molecule has 0 saturated heterocycles. The first kappa shape index (κ1) is 15.5. The number of benzene rings is 2. The van der Waals surface area contributed by atoms with Crippen LogP contribution < -0.4 is 10.1 Å². The molecular formula is C16H14N4O4. The lowest BCUT2D eigenvalue weighted by molar-refractivity contribution is -0.385. The number of imidazole rings is 1. The number of aromatic nitrogens is 2. The van der Waals surface area contributed by atoms with Gasteiger partial charge in [-0.2, -0.15) is 0 Å². The molecule has 1 heterocycles. The van der Waals surface area contributed by atoms with E-state index in [9.17, 15) is 14.9 Å². The highest BCUT2D eigenvalue weighted by Crippen LogP contribution is 2.27. The highest BCUT2D eigenvalue weighted by molar-refractivity contribution is 5.95. The SMILES string of the molecule is COc1ccc(C(=O)NCc2nc3ccccc3[nH]2)cc1[N+](=O)[O-]. The van der Waals surface area contributed by atoms with E-state index in [1.54, 1.807) is 0 Å². The van der Waals surface area contributed by atoms with E-state index in [1.165, 1.54) is 25.3 Å². The number of fused-ring (bicyclic) bond motifs is 1. The van der Waals surface area contributed by atoms with Gasteiger partial charge in [0.15, 0.2) is 5.75 Å². The van der Waals surface area contributed by atoms with Gasteiger partial charge in [0.2, 0.25) is 0 Å². The number of ether oxygens (including phenoxy) is 1. The molecule has 0 unspecified atom stereocenters.